The molecular formula is C13H18N2O2S2. The van der Waals surface area contributed by atoms with Crippen molar-refractivity contribution in [3.63, 3.8) is 0 Å². The molecule has 0 unspecified atom stereocenters. The van der Waals surface area contributed by atoms with Crippen LogP contribution in [0.15, 0.2) is 23.1 Å². The van der Waals surface area contributed by atoms with Gasteiger partial charge in [0.15, 0.2) is 0 Å². The van der Waals surface area contributed by atoms with Gasteiger partial charge in [-0.15, -0.1) is 0 Å². The molecule has 2 rings (SSSR count). The standard InChI is InChI=1S/C13H18N2O2S2/c1-9-7-11(13(14)18)5-6-12(9)19(16,17)15-8-10-3-2-4-10/h5-7,10,15H,2-4,8H2,1H3,(H2,14,18). The van der Waals surface area contributed by atoms with Crippen LogP contribution in [0.5, 0.6) is 0 Å². The highest BCUT2D eigenvalue weighted by Gasteiger charge is 2.22. The Hall–Kier alpha value is -0.980. The number of nitrogens with one attached hydrogen (secondary N) is 1. The quantitative estimate of drug-likeness (QED) is 0.812. The molecule has 0 aliphatic heterocycles. The van der Waals surface area contributed by atoms with Crippen molar-refractivity contribution in [3.8, 4) is 0 Å². The molecule has 0 bridgehead atoms. The average molecular weight is 298 g/mol. The first kappa shape index (κ1) is 14.4. The van der Waals surface area contributed by atoms with Crippen LogP contribution in [0.2, 0.25) is 0 Å². The van der Waals surface area contributed by atoms with Gasteiger partial charge in [-0.1, -0.05) is 24.7 Å². The summed E-state index contributed by atoms with van der Waals surface area (Å²) in [5.74, 6) is 0.492. The topological polar surface area (TPSA) is 72.2 Å². The maximum Gasteiger partial charge on any atom is 0.240 e. The summed E-state index contributed by atoms with van der Waals surface area (Å²) in [6, 6.07) is 4.92. The lowest BCUT2D eigenvalue weighted by Crippen LogP contribution is -2.32. The molecule has 1 aromatic rings. The van der Waals surface area contributed by atoms with Crippen LogP contribution in [0.3, 0.4) is 0 Å². The van der Waals surface area contributed by atoms with Crippen molar-refractivity contribution in [3.05, 3.63) is 29.3 Å². The Morgan fingerprint density at radius 1 is 1.47 bits per heavy atom. The number of aryl methyl sites for hydroxylation is 1. The van der Waals surface area contributed by atoms with Gasteiger partial charge >= 0.3 is 0 Å². The predicted octanol–water partition coefficient (Wildman–Crippen LogP) is 1.71. The van der Waals surface area contributed by atoms with Gasteiger partial charge in [-0.3, -0.25) is 0 Å². The zero-order valence-corrected chi connectivity index (χ0v) is 12.5. The largest absolute Gasteiger partial charge is 0.389 e. The van der Waals surface area contributed by atoms with Crippen molar-refractivity contribution in [1.82, 2.24) is 4.72 Å². The smallest absolute Gasteiger partial charge is 0.240 e. The molecule has 1 fully saturated rings. The van der Waals surface area contributed by atoms with E-state index in [1.165, 1.54) is 6.42 Å². The SMILES string of the molecule is Cc1cc(C(N)=S)ccc1S(=O)(=O)NCC1CCC1. The molecule has 0 radical (unpaired) electrons. The van der Waals surface area contributed by atoms with Crippen molar-refractivity contribution in [2.75, 3.05) is 6.54 Å². The third-order valence-corrected chi connectivity index (χ3v) is 5.36. The molecule has 4 nitrogen and oxygen atoms in total. The maximum absolute atomic E-state index is 12.2. The molecule has 0 saturated heterocycles. The number of rotatable bonds is 5. The molecule has 104 valence electrons. The lowest BCUT2D eigenvalue weighted by atomic mass is 9.86. The number of benzene rings is 1. The summed E-state index contributed by atoms with van der Waals surface area (Å²) in [6.45, 7) is 2.28. The van der Waals surface area contributed by atoms with Gasteiger partial charge in [0.05, 0.1) is 4.90 Å². The van der Waals surface area contributed by atoms with E-state index in [1.807, 2.05) is 0 Å². The van der Waals surface area contributed by atoms with Crippen LogP contribution >= 0.6 is 12.2 Å². The van der Waals surface area contributed by atoms with E-state index in [1.54, 1.807) is 25.1 Å². The molecule has 3 N–H and O–H groups in total. The van der Waals surface area contributed by atoms with Crippen molar-refractivity contribution in [1.29, 1.82) is 0 Å². The van der Waals surface area contributed by atoms with E-state index in [9.17, 15) is 8.42 Å². The van der Waals surface area contributed by atoms with Gasteiger partial charge in [0.1, 0.15) is 4.99 Å². The lowest BCUT2D eigenvalue weighted by molar-refractivity contribution is 0.316. The van der Waals surface area contributed by atoms with E-state index in [-0.39, 0.29) is 4.99 Å². The Morgan fingerprint density at radius 3 is 2.63 bits per heavy atom. The molecule has 1 aliphatic carbocycles. The number of thiocarbonyl (C=S) groups is 1. The van der Waals surface area contributed by atoms with Crippen LogP contribution in [0.25, 0.3) is 0 Å². The van der Waals surface area contributed by atoms with Gasteiger partial charge in [-0.05, 0) is 43.4 Å². The highest BCUT2D eigenvalue weighted by molar-refractivity contribution is 7.89. The van der Waals surface area contributed by atoms with Crippen LogP contribution in [-0.4, -0.2) is 20.0 Å². The fourth-order valence-electron chi connectivity index (χ4n) is 2.11. The molecule has 6 heteroatoms. The summed E-state index contributed by atoms with van der Waals surface area (Å²) in [6.07, 6.45) is 3.43. The van der Waals surface area contributed by atoms with E-state index in [4.69, 9.17) is 18.0 Å². The second-order valence-electron chi connectivity index (χ2n) is 4.99. The van der Waals surface area contributed by atoms with E-state index < -0.39 is 10.0 Å². The van der Waals surface area contributed by atoms with E-state index >= 15 is 0 Å². The van der Waals surface area contributed by atoms with Crippen LogP contribution in [0.1, 0.15) is 30.4 Å². The van der Waals surface area contributed by atoms with Gasteiger partial charge in [0.25, 0.3) is 0 Å². The maximum atomic E-state index is 12.2. The second-order valence-corrected chi connectivity index (χ2v) is 7.17. The summed E-state index contributed by atoms with van der Waals surface area (Å²) < 4.78 is 27.1. The predicted molar refractivity (Wildman–Crippen MR) is 79.6 cm³/mol. The minimum Gasteiger partial charge on any atom is -0.389 e. The van der Waals surface area contributed by atoms with Crippen LogP contribution in [0, 0.1) is 12.8 Å². The minimum atomic E-state index is -3.44. The van der Waals surface area contributed by atoms with Crippen molar-refractivity contribution < 1.29 is 8.42 Å². The first-order valence-electron chi connectivity index (χ1n) is 6.30. The Balaban J connectivity index is 2.17. The zero-order valence-electron chi connectivity index (χ0n) is 10.8. The van der Waals surface area contributed by atoms with Gasteiger partial charge in [0, 0.05) is 12.1 Å². The van der Waals surface area contributed by atoms with E-state index in [2.05, 4.69) is 4.72 Å². The molecule has 1 aromatic carbocycles. The van der Waals surface area contributed by atoms with Crippen molar-refractivity contribution in [2.45, 2.75) is 31.1 Å². The first-order valence-corrected chi connectivity index (χ1v) is 8.19. The number of hydrogen-bond acceptors (Lipinski definition) is 3. The number of hydrogen-bond donors (Lipinski definition) is 2. The Morgan fingerprint density at radius 2 is 2.16 bits per heavy atom. The zero-order chi connectivity index (χ0) is 14.0. The molecule has 0 aromatic heterocycles. The molecule has 19 heavy (non-hydrogen) atoms. The summed E-state index contributed by atoms with van der Waals surface area (Å²) in [7, 11) is -3.44. The van der Waals surface area contributed by atoms with Crippen LogP contribution in [0.4, 0.5) is 0 Å². The number of sulfonamides is 1. The van der Waals surface area contributed by atoms with Crippen LogP contribution in [-0.2, 0) is 10.0 Å². The lowest BCUT2D eigenvalue weighted by Gasteiger charge is -2.25. The molecule has 0 atom stereocenters. The van der Waals surface area contributed by atoms with Crippen molar-refractivity contribution in [2.24, 2.45) is 11.7 Å². The van der Waals surface area contributed by atoms with Gasteiger partial charge in [-0.2, -0.15) is 0 Å². The third-order valence-electron chi connectivity index (χ3n) is 3.54. The average Bonchev–Trinajstić information content (AvgIpc) is 2.26. The normalized spacial score (nSPS) is 16.1. The summed E-state index contributed by atoms with van der Waals surface area (Å²) in [5, 5.41) is 0. The van der Waals surface area contributed by atoms with E-state index in [0.29, 0.717) is 28.5 Å². The monoisotopic (exact) mass is 298 g/mol. The molecule has 1 saturated carbocycles. The molecular weight excluding hydrogens is 280 g/mol. The molecule has 0 heterocycles. The van der Waals surface area contributed by atoms with Gasteiger partial charge in [-0.25, -0.2) is 13.1 Å². The minimum absolute atomic E-state index is 0.273. The summed E-state index contributed by atoms with van der Waals surface area (Å²) in [4.78, 5) is 0.571. The highest BCUT2D eigenvalue weighted by atomic mass is 32.2. The molecule has 1 aliphatic rings. The Labute approximate surface area is 119 Å². The molecule has 0 amide bonds. The summed E-state index contributed by atoms with van der Waals surface area (Å²) in [5.41, 5.74) is 6.88. The Bertz CT molecular complexity index is 593. The Kier molecular flexibility index (Phi) is 4.23. The fourth-order valence-corrected chi connectivity index (χ4v) is 3.57. The van der Waals surface area contributed by atoms with E-state index in [0.717, 1.165) is 12.8 Å². The second kappa shape index (κ2) is 5.56. The van der Waals surface area contributed by atoms with Crippen molar-refractivity contribution >= 4 is 27.2 Å². The van der Waals surface area contributed by atoms with Gasteiger partial charge in [0.2, 0.25) is 10.0 Å². The fraction of sp³-hybridized carbons (Fsp3) is 0.462. The first-order chi connectivity index (χ1) is 8.90. The number of nitrogens with two attached hydrogens (primary N) is 1. The van der Waals surface area contributed by atoms with Crippen LogP contribution < -0.4 is 10.5 Å². The molecule has 0 spiro atoms. The highest BCUT2D eigenvalue weighted by Crippen LogP contribution is 2.26. The summed E-state index contributed by atoms with van der Waals surface area (Å²) >= 11 is 4.88. The van der Waals surface area contributed by atoms with Gasteiger partial charge < -0.3 is 5.73 Å². The third kappa shape index (κ3) is 3.32.